The molecule has 16 heavy (non-hydrogen) atoms. The third-order valence-corrected chi connectivity index (χ3v) is 3.15. The molecule has 0 aliphatic rings. The third kappa shape index (κ3) is 2.73. The van der Waals surface area contributed by atoms with Gasteiger partial charge in [0.2, 0.25) is 5.13 Å². The fraction of sp³-hybridized carbons (Fsp3) is 0.111. The van der Waals surface area contributed by atoms with Gasteiger partial charge in [-0.2, -0.15) is 0 Å². The third-order valence-electron chi connectivity index (χ3n) is 1.84. The molecule has 2 rings (SSSR count). The molecule has 2 aromatic rings. The van der Waals surface area contributed by atoms with E-state index < -0.39 is 11.6 Å². The van der Waals surface area contributed by atoms with E-state index in [1.807, 2.05) is 0 Å². The summed E-state index contributed by atoms with van der Waals surface area (Å²) < 4.78 is 26.7. The molecule has 1 heterocycles. The molecule has 0 aliphatic carbocycles. The molecule has 0 saturated heterocycles. The lowest BCUT2D eigenvalue weighted by atomic mass is 10.2. The topological polar surface area (TPSA) is 37.8 Å². The van der Waals surface area contributed by atoms with E-state index >= 15 is 0 Å². The van der Waals surface area contributed by atoms with Crippen LogP contribution in [-0.2, 0) is 6.54 Å². The highest BCUT2D eigenvalue weighted by Crippen LogP contribution is 2.21. The minimum atomic E-state index is -0.461. The van der Waals surface area contributed by atoms with Gasteiger partial charge in [-0.1, -0.05) is 11.3 Å². The molecule has 1 aromatic heterocycles. The minimum Gasteiger partial charge on any atom is -0.356 e. The lowest BCUT2D eigenvalue weighted by molar-refractivity contribution is 0.587. The van der Waals surface area contributed by atoms with Crippen LogP contribution in [0.1, 0.15) is 5.56 Å². The van der Waals surface area contributed by atoms with Gasteiger partial charge in [0, 0.05) is 12.1 Å². The Morgan fingerprint density at radius 3 is 2.81 bits per heavy atom. The number of aromatic nitrogens is 2. The van der Waals surface area contributed by atoms with Gasteiger partial charge in [-0.25, -0.2) is 8.78 Å². The smallest absolute Gasteiger partial charge is 0.206 e. The normalized spacial score (nSPS) is 10.4. The fourth-order valence-corrected chi connectivity index (χ4v) is 2.13. The Balaban J connectivity index is 2.07. The molecule has 3 nitrogen and oxygen atoms in total. The minimum absolute atomic E-state index is 0.172. The zero-order valence-electron chi connectivity index (χ0n) is 7.88. The van der Waals surface area contributed by atoms with Gasteiger partial charge >= 0.3 is 0 Å². The number of rotatable bonds is 3. The summed E-state index contributed by atoms with van der Waals surface area (Å²) in [5, 5.41) is 10.9. The molecule has 0 unspecified atom stereocenters. The zero-order valence-corrected chi connectivity index (χ0v) is 10.3. The van der Waals surface area contributed by atoms with Gasteiger partial charge in [-0.15, -0.1) is 10.2 Å². The Bertz CT molecular complexity index is 503. The van der Waals surface area contributed by atoms with Gasteiger partial charge in [0.1, 0.15) is 11.6 Å². The molecule has 1 aromatic carbocycles. The number of hydrogen-bond acceptors (Lipinski definition) is 4. The Labute approximate surface area is 103 Å². The van der Waals surface area contributed by atoms with Crippen molar-refractivity contribution in [1.29, 1.82) is 0 Å². The number of nitrogens with one attached hydrogen (secondary N) is 1. The first-order valence-electron chi connectivity index (χ1n) is 4.32. The molecule has 0 saturated carbocycles. The Morgan fingerprint density at radius 2 is 2.12 bits per heavy atom. The summed E-state index contributed by atoms with van der Waals surface area (Å²) in [6, 6.07) is 3.33. The van der Waals surface area contributed by atoms with E-state index in [9.17, 15) is 8.78 Å². The van der Waals surface area contributed by atoms with Crippen LogP contribution < -0.4 is 5.32 Å². The van der Waals surface area contributed by atoms with Crippen LogP contribution in [0.2, 0.25) is 0 Å². The summed E-state index contributed by atoms with van der Waals surface area (Å²) in [6.07, 6.45) is 0. The summed E-state index contributed by atoms with van der Waals surface area (Å²) in [5.41, 5.74) is 0.256. The van der Waals surface area contributed by atoms with E-state index in [0.29, 0.717) is 9.05 Å². The van der Waals surface area contributed by atoms with Gasteiger partial charge in [-0.05, 0) is 34.1 Å². The van der Waals surface area contributed by atoms with Gasteiger partial charge in [0.15, 0.2) is 3.92 Å². The number of nitrogens with zero attached hydrogens (tertiary/aromatic N) is 2. The average molecular weight is 306 g/mol. The molecule has 0 fully saturated rings. The number of benzene rings is 1. The van der Waals surface area contributed by atoms with Crippen LogP contribution in [0, 0.1) is 11.6 Å². The van der Waals surface area contributed by atoms with Crippen molar-refractivity contribution in [1.82, 2.24) is 10.2 Å². The molecule has 1 N–H and O–H groups in total. The highest BCUT2D eigenvalue weighted by molar-refractivity contribution is 9.11. The maximum Gasteiger partial charge on any atom is 0.206 e. The standard InChI is InChI=1S/C9H6BrF2N3S/c10-8-14-15-9(16-8)13-4-5-3-6(11)1-2-7(5)12/h1-3H,4H2,(H,13,15). The molecule has 0 bridgehead atoms. The van der Waals surface area contributed by atoms with Crippen molar-refractivity contribution in [2.45, 2.75) is 6.54 Å². The Kier molecular flexibility index (Phi) is 3.45. The van der Waals surface area contributed by atoms with E-state index in [2.05, 4.69) is 31.4 Å². The molecule has 0 aliphatic heterocycles. The zero-order chi connectivity index (χ0) is 11.5. The molecule has 0 atom stereocenters. The van der Waals surface area contributed by atoms with E-state index in [1.165, 1.54) is 11.3 Å². The predicted molar refractivity (Wildman–Crippen MR) is 61.3 cm³/mol. The fourth-order valence-electron chi connectivity index (χ4n) is 1.13. The van der Waals surface area contributed by atoms with Crippen LogP contribution in [-0.4, -0.2) is 10.2 Å². The highest BCUT2D eigenvalue weighted by atomic mass is 79.9. The van der Waals surface area contributed by atoms with E-state index in [1.54, 1.807) is 0 Å². The first-order chi connectivity index (χ1) is 7.65. The van der Waals surface area contributed by atoms with Gasteiger partial charge < -0.3 is 5.32 Å². The molecule has 0 amide bonds. The molecule has 0 spiro atoms. The van der Waals surface area contributed by atoms with Crippen LogP contribution in [0.4, 0.5) is 13.9 Å². The van der Waals surface area contributed by atoms with Crippen LogP contribution in [0.15, 0.2) is 22.1 Å². The summed E-state index contributed by atoms with van der Waals surface area (Å²) in [5.74, 6) is -0.908. The van der Waals surface area contributed by atoms with Gasteiger partial charge in [-0.3, -0.25) is 0 Å². The van der Waals surface area contributed by atoms with E-state index in [0.717, 1.165) is 18.2 Å². The Hall–Kier alpha value is -1.08. The van der Waals surface area contributed by atoms with E-state index in [4.69, 9.17) is 0 Å². The summed E-state index contributed by atoms with van der Waals surface area (Å²) in [7, 11) is 0. The molecular formula is C9H6BrF2N3S. The van der Waals surface area contributed by atoms with Crippen LogP contribution in [0.25, 0.3) is 0 Å². The number of halogens is 3. The van der Waals surface area contributed by atoms with Crippen molar-refractivity contribution in [2.24, 2.45) is 0 Å². The largest absolute Gasteiger partial charge is 0.356 e. The average Bonchev–Trinajstić information content (AvgIpc) is 2.66. The Morgan fingerprint density at radius 1 is 1.31 bits per heavy atom. The number of anilines is 1. The SMILES string of the molecule is Fc1ccc(F)c(CNc2nnc(Br)s2)c1. The second kappa shape index (κ2) is 4.84. The van der Waals surface area contributed by atoms with Crippen LogP contribution >= 0.6 is 27.3 Å². The maximum absolute atomic E-state index is 13.2. The molecule has 7 heteroatoms. The summed E-state index contributed by atoms with van der Waals surface area (Å²) >= 11 is 4.44. The van der Waals surface area contributed by atoms with Crippen molar-refractivity contribution < 1.29 is 8.78 Å². The highest BCUT2D eigenvalue weighted by Gasteiger charge is 2.05. The van der Waals surface area contributed by atoms with Crippen molar-refractivity contribution in [3.05, 3.63) is 39.3 Å². The first-order valence-corrected chi connectivity index (χ1v) is 5.93. The van der Waals surface area contributed by atoms with E-state index in [-0.39, 0.29) is 12.1 Å². The first kappa shape index (κ1) is 11.4. The molecule has 84 valence electrons. The van der Waals surface area contributed by atoms with Crippen LogP contribution in [0.3, 0.4) is 0 Å². The predicted octanol–water partition coefficient (Wildman–Crippen LogP) is 3.19. The lowest BCUT2D eigenvalue weighted by Gasteiger charge is -2.03. The summed E-state index contributed by atoms with van der Waals surface area (Å²) in [6.45, 7) is 0.172. The van der Waals surface area contributed by atoms with Crippen molar-refractivity contribution in [3.63, 3.8) is 0 Å². The summed E-state index contributed by atoms with van der Waals surface area (Å²) in [4.78, 5) is 0. The lowest BCUT2D eigenvalue weighted by Crippen LogP contribution is -2.02. The van der Waals surface area contributed by atoms with Crippen molar-refractivity contribution in [2.75, 3.05) is 5.32 Å². The number of hydrogen-bond donors (Lipinski definition) is 1. The van der Waals surface area contributed by atoms with Crippen LogP contribution in [0.5, 0.6) is 0 Å². The quantitative estimate of drug-likeness (QED) is 0.946. The molecular weight excluding hydrogens is 300 g/mol. The van der Waals surface area contributed by atoms with Gasteiger partial charge in [0.25, 0.3) is 0 Å². The maximum atomic E-state index is 13.2. The van der Waals surface area contributed by atoms with Crippen molar-refractivity contribution >= 4 is 32.4 Å². The second-order valence-corrected chi connectivity index (χ2v) is 5.20. The molecule has 0 radical (unpaired) electrons. The monoisotopic (exact) mass is 305 g/mol. The van der Waals surface area contributed by atoms with Crippen molar-refractivity contribution in [3.8, 4) is 0 Å². The van der Waals surface area contributed by atoms with Gasteiger partial charge in [0.05, 0.1) is 0 Å². The second-order valence-electron chi connectivity index (χ2n) is 2.95.